The van der Waals surface area contributed by atoms with Crippen LogP contribution in [0.4, 0.5) is 0 Å². The average molecular weight is 437 g/mol. The van der Waals surface area contributed by atoms with Gasteiger partial charge in [0.05, 0.1) is 7.11 Å². The van der Waals surface area contributed by atoms with Crippen LogP contribution < -0.4 is 25.1 Å². The molecular weight excluding hydrogens is 416 g/mol. The zero-order valence-corrected chi connectivity index (χ0v) is 16.9. The van der Waals surface area contributed by atoms with Gasteiger partial charge >= 0.3 is 0 Å². The van der Waals surface area contributed by atoms with Gasteiger partial charge in [0.1, 0.15) is 5.75 Å². The number of aryl methyl sites for hydroxylation is 2. The Morgan fingerprint density at radius 1 is 0.889 bits per heavy atom. The van der Waals surface area contributed by atoms with E-state index in [1.165, 1.54) is 7.11 Å². The van der Waals surface area contributed by atoms with Gasteiger partial charge in [0, 0.05) is 4.47 Å². The van der Waals surface area contributed by atoms with E-state index in [9.17, 15) is 9.59 Å². The summed E-state index contributed by atoms with van der Waals surface area (Å²) in [5, 5.41) is 0. The van der Waals surface area contributed by atoms with Gasteiger partial charge in [-0.15, -0.1) is 0 Å². The fourth-order valence-corrected chi connectivity index (χ4v) is 2.64. The van der Waals surface area contributed by atoms with Crippen molar-refractivity contribution in [2.75, 3.05) is 20.3 Å². The minimum absolute atomic E-state index is 0.227. The van der Waals surface area contributed by atoms with Crippen LogP contribution in [0.5, 0.6) is 17.2 Å². The summed E-state index contributed by atoms with van der Waals surface area (Å²) >= 11 is 3.36. The van der Waals surface area contributed by atoms with Crippen molar-refractivity contribution in [1.29, 1.82) is 0 Å². The maximum atomic E-state index is 11.8. The van der Waals surface area contributed by atoms with Crippen molar-refractivity contribution in [3.05, 3.63) is 52.0 Å². The monoisotopic (exact) mass is 436 g/mol. The number of hydrazine groups is 1. The Morgan fingerprint density at radius 3 is 2.07 bits per heavy atom. The van der Waals surface area contributed by atoms with Crippen molar-refractivity contribution >= 4 is 27.7 Å². The molecular formula is C19H21BrN2O5. The van der Waals surface area contributed by atoms with Crippen molar-refractivity contribution in [3.8, 4) is 17.2 Å². The number of hydrogen-bond donors (Lipinski definition) is 2. The second-order valence-electron chi connectivity index (χ2n) is 5.74. The van der Waals surface area contributed by atoms with Crippen LogP contribution in [0.25, 0.3) is 0 Å². The highest BCUT2D eigenvalue weighted by Crippen LogP contribution is 2.27. The number of hydrogen-bond acceptors (Lipinski definition) is 5. The summed E-state index contributed by atoms with van der Waals surface area (Å²) in [6, 6.07) is 10.8. The normalized spacial score (nSPS) is 10.1. The zero-order valence-electron chi connectivity index (χ0n) is 15.3. The van der Waals surface area contributed by atoms with Gasteiger partial charge in [-0.2, -0.15) is 0 Å². The van der Waals surface area contributed by atoms with Gasteiger partial charge < -0.3 is 14.2 Å². The number of ether oxygens (including phenoxy) is 3. The molecule has 0 atom stereocenters. The lowest BCUT2D eigenvalue weighted by Gasteiger charge is -2.12. The Bertz CT molecular complexity index is 826. The lowest BCUT2D eigenvalue weighted by atomic mass is 10.2. The molecule has 2 N–H and O–H groups in total. The third kappa shape index (κ3) is 6.49. The predicted octanol–water partition coefficient (Wildman–Crippen LogP) is 2.68. The third-order valence-electron chi connectivity index (χ3n) is 3.51. The van der Waals surface area contributed by atoms with Crippen molar-refractivity contribution < 1.29 is 23.8 Å². The molecule has 2 rings (SSSR count). The molecule has 0 saturated heterocycles. The van der Waals surface area contributed by atoms with Gasteiger partial charge in [-0.3, -0.25) is 20.4 Å². The third-order valence-corrected chi connectivity index (χ3v) is 4.01. The van der Waals surface area contributed by atoms with Crippen LogP contribution in [0.3, 0.4) is 0 Å². The van der Waals surface area contributed by atoms with Gasteiger partial charge in [-0.1, -0.05) is 22.0 Å². The van der Waals surface area contributed by atoms with Crippen LogP contribution >= 0.6 is 15.9 Å². The molecule has 0 aliphatic rings. The van der Waals surface area contributed by atoms with Crippen LogP contribution in [-0.2, 0) is 9.59 Å². The summed E-state index contributed by atoms with van der Waals surface area (Å²) in [7, 11) is 1.52. The van der Waals surface area contributed by atoms with E-state index in [0.29, 0.717) is 17.2 Å². The molecule has 2 aromatic rings. The van der Waals surface area contributed by atoms with E-state index >= 15 is 0 Å². The topological polar surface area (TPSA) is 85.9 Å². The highest BCUT2D eigenvalue weighted by molar-refractivity contribution is 9.10. The number of methoxy groups -OCH3 is 1. The van der Waals surface area contributed by atoms with Crippen LogP contribution in [0, 0.1) is 13.8 Å². The molecule has 0 bridgehead atoms. The summed E-state index contributed by atoms with van der Waals surface area (Å²) in [6.45, 7) is 3.30. The Kier molecular flexibility index (Phi) is 7.48. The Hall–Kier alpha value is -2.74. The van der Waals surface area contributed by atoms with Crippen molar-refractivity contribution in [2.45, 2.75) is 13.8 Å². The largest absolute Gasteiger partial charge is 0.493 e. The first-order valence-corrected chi connectivity index (χ1v) is 8.92. The SMILES string of the molecule is COc1cc(C)ccc1OCC(=O)NNC(=O)COc1ccc(Br)cc1C. The fraction of sp³-hybridized carbons (Fsp3) is 0.263. The molecule has 0 aliphatic heterocycles. The maximum Gasteiger partial charge on any atom is 0.276 e. The van der Waals surface area contributed by atoms with E-state index in [4.69, 9.17) is 14.2 Å². The van der Waals surface area contributed by atoms with E-state index < -0.39 is 11.8 Å². The molecule has 0 aromatic heterocycles. The van der Waals surface area contributed by atoms with E-state index in [-0.39, 0.29) is 13.2 Å². The number of carbonyl (C=O) groups is 2. The average Bonchev–Trinajstić information content (AvgIpc) is 2.64. The first-order valence-electron chi connectivity index (χ1n) is 8.13. The summed E-state index contributed by atoms with van der Waals surface area (Å²) in [4.78, 5) is 23.6. The summed E-state index contributed by atoms with van der Waals surface area (Å²) in [5.74, 6) is 0.572. The Morgan fingerprint density at radius 2 is 1.48 bits per heavy atom. The van der Waals surface area contributed by atoms with Gasteiger partial charge in [0.25, 0.3) is 11.8 Å². The lowest BCUT2D eigenvalue weighted by Crippen LogP contribution is -2.45. The van der Waals surface area contributed by atoms with Gasteiger partial charge in [0.2, 0.25) is 0 Å². The molecule has 0 heterocycles. The molecule has 0 saturated carbocycles. The molecule has 0 fully saturated rings. The van der Waals surface area contributed by atoms with E-state index in [1.807, 2.05) is 32.0 Å². The minimum atomic E-state index is -0.509. The summed E-state index contributed by atoms with van der Waals surface area (Å²) in [5.41, 5.74) is 6.44. The summed E-state index contributed by atoms with van der Waals surface area (Å²) < 4.78 is 17.0. The van der Waals surface area contributed by atoms with E-state index in [1.54, 1.807) is 18.2 Å². The quantitative estimate of drug-likeness (QED) is 0.651. The number of benzene rings is 2. The van der Waals surface area contributed by atoms with Gasteiger partial charge in [0.15, 0.2) is 24.7 Å². The van der Waals surface area contributed by atoms with Gasteiger partial charge in [-0.05, 0) is 55.3 Å². The second kappa shape index (κ2) is 9.82. The highest BCUT2D eigenvalue weighted by atomic mass is 79.9. The molecule has 8 heteroatoms. The fourth-order valence-electron chi connectivity index (χ4n) is 2.17. The standard InChI is InChI=1S/C19H21BrN2O5/c1-12-4-6-16(17(8-12)25-3)27-11-19(24)22-21-18(23)10-26-15-7-5-14(20)9-13(15)2/h4-9H,10-11H2,1-3H3,(H,21,23)(H,22,24). The maximum absolute atomic E-state index is 11.8. The number of amides is 2. The molecule has 0 radical (unpaired) electrons. The van der Waals surface area contributed by atoms with Crippen molar-refractivity contribution in [1.82, 2.24) is 10.9 Å². The molecule has 27 heavy (non-hydrogen) atoms. The van der Waals surface area contributed by atoms with Crippen LogP contribution in [0.1, 0.15) is 11.1 Å². The van der Waals surface area contributed by atoms with Crippen molar-refractivity contribution in [2.24, 2.45) is 0 Å². The minimum Gasteiger partial charge on any atom is -0.493 e. The molecule has 0 spiro atoms. The van der Waals surface area contributed by atoms with Crippen molar-refractivity contribution in [3.63, 3.8) is 0 Å². The van der Waals surface area contributed by atoms with E-state index in [2.05, 4.69) is 26.8 Å². The molecule has 144 valence electrons. The predicted molar refractivity (Wildman–Crippen MR) is 104 cm³/mol. The smallest absolute Gasteiger partial charge is 0.276 e. The molecule has 2 amide bonds. The molecule has 7 nitrogen and oxygen atoms in total. The number of halogens is 1. The number of carbonyl (C=O) groups excluding carboxylic acids is 2. The molecule has 0 unspecified atom stereocenters. The second-order valence-corrected chi connectivity index (χ2v) is 6.65. The molecule has 2 aromatic carbocycles. The van der Waals surface area contributed by atoms with Gasteiger partial charge in [-0.25, -0.2) is 0 Å². The zero-order chi connectivity index (χ0) is 19.8. The first kappa shape index (κ1) is 20.6. The summed E-state index contributed by atoms with van der Waals surface area (Å²) in [6.07, 6.45) is 0. The van der Waals surface area contributed by atoms with Crippen LogP contribution in [0.15, 0.2) is 40.9 Å². The molecule has 0 aliphatic carbocycles. The number of nitrogens with one attached hydrogen (secondary N) is 2. The van der Waals surface area contributed by atoms with Crippen LogP contribution in [0.2, 0.25) is 0 Å². The highest BCUT2D eigenvalue weighted by Gasteiger charge is 2.10. The van der Waals surface area contributed by atoms with Crippen LogP contribution in [-0.4, -0.2) is 32.1 Å². The number of rotatable bonds is 7. The Balaban J connectivity index is 1.74. The lowest BCUT2D eigenvalue weighted by molar-refractivity contribution is -0.131. The Labute approximate surface area is 166 Å². The van der Waals surface area contributed by atoms with E-state index in [0.717, 1.165) is 15.6 Å². The first-order chi connectivity index (χ1) is 12.9.